The number of para-hydroxylation sites is 1. The van der Waals surface area contributed by atoms with Crippen molar-refractivity contribution in [3.05, 3.63) is 96.0 Å². The van der Waals surface area contributed by atoms with Gasteiger partial charge >= 0.3 is 0 Å². The van der Waals surface area contributed by atoms with Crippen LogP contribution in [0.3, 0.4) is 0 Å². The zero-order valence-corrected chi connectivity index (χ0v) is 16.7. The van der Waals surface area contributed by atoms with Gasteiger partial charge in [-0.15, -0.1) is 11.3 Å². The van der Waals surface area contributed by atoms with Gasteiger partial charge in [0.05, 0.1) is 21.7 Å². The number of aromatic nitrogens is 4. The number of fused-ring (bicyclic) bond motifs is 1. The molecule has 146 valence electrons. The van der Waals surface area contributed by atoms with Crippen LogP contribution in [-0.4, -0.2) is 25.4 Å². The van der Waals surface area contributed by atoms with Gasteiger partial charge in [-0.05, 0) is 35.2 Å². The predicted octanol–water partition coefficient (Wildman–Crippen LogP) is 4.47. The molecule has 1 N–H and O–H groups in total. The molecule has 0 aliphatic heterocycles. The Morgan fingerprint density at radius 2 is 2.03 bits per heavy atom. The van der Waals surface area contributed by atoms with E-state index in [2.05, 4.69) is 15.3 Å². The van der Waals surface area contributed by atoms with Crippen LogP contribution >= 0.6 is 11.3 Å². The van der Waals surface area contributed by atoms with E-state index in [1.165, 1.54) is 0 Å². The predicted molar refractivity (Wildman–Crippen MR) is 118 cm³/mol. The molecule has 30 heavy (non-hydrogen) atoms. The average Bonchev–Trinajstić information content (AvgIpc) is 3.52. The van der Waals surface area contributed by atoms with Gasteiger partial charge in [0.15, 0.2) is 0 Å². The quantitative estimate of drug-likeness (QED) is 0.463. The van der Waals surface area contributed by atoms with Crippen LogP contribution in [-0.2, 0) is 6.54 Å². The molecule has 5 aromatic rings. The Morgan fingerprint density at radius 3 is 2.80 bits per heavy atom. The molecule has 0 aliphatic carbocycles. The fraction of sp³-hybridized carbons (Fsp3) is 0.0435. The van der Waals surface area contributed by atoms with Gasteiger partial charge < -0.3 is 5.32 Å². The van der Waals surface area contributed by atoms with Crippen LogP contribution < -0.4 is 5.32 Å². The van der Waals surface area contributed by atoms with E-state index in [9.17, 15) is 4.79 Å². The highest BCUT2D eigenvalue weighted by Crippen LogP contribution is 2.27. The molecule has 1 amide bonds. The Bertz CT molecular complexity index is 1300. The summed E-state index contributed by atoms with van der Waals surface area (Å²) in [6, 6.07) is 17.4. The van der Waals surface area contributed by atoms with Gasteiger partial charge in [0, 0.05) is 30.5 Å². The second-order valence-corrected chi connectivity index (χ2v) is 7.67. The molecule has 0 fully saturated rings. The maximum atomic E-state index is 13.0. The molecule has 5 rings (SSSR count). The minimum Gasteiger partial charge on any atom is -0.348 e. The van der Waals surface area contributed by atoms with Crippen molar-refractivity contribution in [3.63, 3.8) is 0 Å². The number of nitrogens with zero attached hydrogens (tertiary/aromatic N) is 4. The molecule has 0 atom stereocenters. The molecule has 0 unspecified atom stereocenters. The molecule has 4 aromatic heterocycles. The van der Waals surface area contributed by atoms with Crippen molar-refractivity contribution in [1.82, 2.24) is 24.8 Å². The normalized spacial score (nSPS) is 10.9. The van der Waals surface area contributed by atoms with E-state index in [1.807, 2.05) is 70.7 Å². The Hall–Kier alpha value is -3.84. The molecule has 4 heterocycles. The Morgan fingerprint density at radius 1 is 1.10 bits per heavy atom. The third kappa shape index (κ3) is 3.58. The summed E-state index contributed by atoms with van der Waals surface area (Å²) < 4.78 is 1.83. The van der Waals surface area contributed by atoms with Gasteiger partial charge in [0.1, 0.15) is 12.1 Å². The molecular weight excluding hydrogens is 394 g/mol. The number of nitrogens with one attached hydrogen (secondary N) is 1. The van der Waals surface area contributed by atoms with Crippen molar-refractivity contribution in [2.75, 3.05) is 0 Å². The van der Waals surface area contributed by atoms with Crippen molar-refractivity contribution in [2.24, 2.45) is 0 Å². The van der Waals surface area contributed by atoms with Crippen LogP contribution in [0.25, 0.3) is 27.3 Å². The minimum absolute atomic E-state index is 0.134. The number of rotatable bonds is 5. The van der Waals surface area contributed by atoms with Crippen molar-refractivity contribution >= 4 is 28.1 Å². The van der Waals surface area contributed by atoms with E-state index in [0.29, 0.717) is 12.1 Å². The topological polar surface area (TPSA) is 72.7 Å². The first-order valence-electron chi connectivity index (χ1n) is 9.43. The first-order chi connectivity index (χ1) is 14.8. The van der Waals surface area contributed by atoms with Crippen LogP contribution in [0.2, 0.25) is 0 Å². The fourth-order valence-corrected chi connectivity index (χ4v) is 3.95. The lowest BCUT2D eigenvalue weighted by Gasteiger charge is -2.10. The third-order valence-corrected chi connectivity index (χ3v) is 5.66. The van der Waals surface area contributed by atoms with Crippen LogP contribution in [0.5, 0.6) is 0 Å². The van der Waals surface area contributed by atoms with Crippen molar-refractivity contribution < 1.29 is 4.79 Å². The maximum Gasteiger partial charge on any atom is 0.252 e. The summed E-state index contributed by atoms with van der Waals surface area (Å²) in [7, 11) is 0. The highest BCUT2D eigenvalue weighted by Gasteiger charge is 2.14. The van der Waals surface area contributed by atoms with E-state index < -0.39 is 0 Å². The lowest BCUT2D eigenvalue weighted by atomic mass is 10.1. The SMILES string of the molecule is O=C(NCc1ccc(-n2ccnc2)nc1)c1cc(-c2cccs2)nc2ccccc12. The highest BCUT2D eigenvalue weighted by atomic mass is 32.1. The van der Waals surface area contributed by atoms with E-state index in [1.54, 1.807) is 30.1 Å². The van der Waals surface area contributed by atoms with Crippen molar-refractivity contribution in [2.45, 2.75) is 6.54 Å². The first-order valence-corrected chi connectivity index (χ1v) is 10.3. The summed E-state index contributed by atoms with van der Waals surface area (Å²) >= 11 is 1.61. The number of carbonyl (C=O) groups is 1. The van der Waals surface area contributed by atoms with Crippen LogP contribution in [0.15, 0.2) is 84.9 Å². The van der Waals surface area contributed by atoms with Gasteiger partial charge in [-0.1, -0.05) is 30.3 Å². The van der Waals surface area contributed by atoms with E-state index in [4.69, 9.17) is 4.98 Å². The standard InChI is InChI=1S/C23H17N5OS/c29-23(26-14-16-7-8-22(25-13-16)28-10-9-24-15-28)18-12-20(21-6-3-11-30-21)27-19-5-2-1-4-17(18)19/h1-13,15H,14H2,(H,26,29). The van der Waals surface area contributed by atoms with Gasteiger partial charge in [0.25, 0.3) is 5.91 Å². The number of amides is 1. The van der Waals surface area contributed by atoms with Crippen LogP contribution in [0.4, 0.5) is 0 Å². The summed E-state index contributed by atoms with van der Waals surface area (Å²) in [6.07, 6.45) is 7.00. The second kappa shape index (κ2) is 7.88. The third-order valence-electron chi connectivity index (χ3n) is 4.77. The molecule has 0 spiro atoms. The number of benzene rings is 1. The summed E-state index contributed by atoms with van der Waals surface area (Å²) in [4.78, 5) is 27.3. The van der Waals surface area contributed by atoms with Gasteiger partial charge in [0.2, 0.25) is 0 Å². The second-order valence-electron chi connectivity index (χ2n) is 6.73. The number of thiophene rings is 1. The van der Waals surface area contributed by atoms with Crippen molar-refractivity contribution in [1.29, 1.82) is 0 Å². The molecule has 0 saturated heterocycles. The van der Waals surface area contributed by atoms with E-state index in [-0.39, 0.29) is 5.91 Å². The molecular formula is C23H17N5OS. The number of imidazole rings is 1. The molecule has 0 aliphatic rings. The summed E-state index contributed by atoms with van der Waals surface area (Å²) in [6.45, 7) is 0.390. The molecule has 6 nitrogen and oxygen atoms in total. The summed E-state index contributed by atoms with van der Waals surface area (Å²) in [5.74, 6) is 0.647. The molecule has 0 bridgehead atoms. The lowest BCUT2D eigenvalue weighted by Crippen LogP contribution is -2.23. The van der Waals surface area contributed by atoms with Crippen LogP contribution in [0, 0.1) is 0 Å². The number of hydrogen-bond acceptors (Lipinski definition) is 5. The minimum atomic E-state index is -0.134. The monoisotopic (exact) mass is 411 g/mol. The zero-order valence-electron chi connectivity index (χ0n) is 15.9. The molecule has 7 heteroatoms. The zero-order chi connectivity index (χ0) is 20.3. The van der Waals surface area contributed by atoms with Crippen molar-refractivity contribution in [3.8, 4) is 16.4 Å². The summed E-state index contributed by atoms with van der Waals surface area (Å²) in [5.41, 5.74) is 3.15. The van der Waals surface area contributed by atoms with E-state index >= 15 is 0 Å². The maximum absolute atomic E-state index is 13.0. The lowest BCUT2D eigenvalue weighted by molar-refractivity contribution is 0.0952. The molecule has 0 saturated carbocycles. The van der Waals surface area contributed by atoms with Gasteiger partial charge in [-0.2, -0.15) is 0 Å². The number of carbonyl (C=O) groups excluding carboxylic acids is 1. The number of hydrogen-bond donors (Lipinski definition) is 1. The summed E-state index contributed by atoms with van der Waals surface area (Å²) in [5, 5.41) is 5.85. The Balaban J connectivity index is 1.39. The smallest absolute Gasteiger partial charge is 0.252 e. The first kappa shape index (κ1) is 18.2. The largest absolute Gasteiger partial charge is 0.348 e. The average molecular weight is 411 g/mol. The Labute approximate surface area is 176 Å². The molecule has 0 radical (unpaired) electrons. The highest BCUT2D eigenvalue weighted by molar-refractivity contribution is 7.13. The van der Waals surface area contributed by atoms with E-state index in [0.717, 1.165) is 32.9 Å². The van der Waals surface area contributed by atoms with Crippen LogP contribution in [0.1, 0.15) is 15.9 Å². The number of pyridine rings is 2. The fourth-order valence-electron chi connectivity index (χ4n) is 3.26. The Kier molecular flexibility index (Phi) is 4.78. The van der Waals surface area contributed by atoms with Gasteiger partial charge in [-0.3, -0.25) is 9.36 Å². The van der Waals surface area contributed by atoms with Gasteiger partial charge in [-0.25, -0.2) is 15.0 Å². The molecule has 1 aromatic carbocycles.